The summed E-state index contributed by atoms with van der Waals surface area (Å²) in [5.74, 6) is 0.0154. The van der Waals surface area contributed by atoms with Crippen LogP contribution >= 0.6 is 22.9 Å². The first-order valence-electron chi connectivity index (χ1n) is 14.6. The summed E-state index contributed by atoms with van der Waals surface area (Å²) in [5.41, 5.74) is 4.79. The van der Waals surface area contributed by atoms with Crippen LogP contribution in [-0.4, -0.2) is 28.5 Å². The van der Waals surface area contributed by atoms with Crippen molar-refractivity contribution >= 4 is 40.7 Å². The molecule has 0 saturated heterocycles. The number of ether oxygens (including phenoxy) is 3. The maximum absolute atomic E-state index is 14.3. The molecular weight excluding hydrogens is 629 g/mol. The van der Waals surface area contributed by atoms with Gasteiger partial charge in [0, 0.05) is 22.6 Å². The standard InChI is InChI=1S/C35H27ClFN3O5S/c1-4-43-34(42)30-31(21-8-6-5-7-9-21)38-35-40(32(30)22-10-13-27-28(15-22)45-18-44-27)33(41)29(46-35)16-23-14-19(2)39(20(23)3)24-11-12-25(36)26(37)17-24/h5-17,32H,4,18H2,1-3H3/b29-16+/t32-/m1/s1. The number of nitrogens with zero attached hydrogens (tertiary/aromatic N) is 3. The normalized spacial score (nSPS) is 15.6. The first kappa shape index (κ1) is 29.8. The van der Waals surface area contributed by atoms with Crippen molar-refractivity contribution in [3.63, 3.8) is 0 Å². The van der Waals surface area contributed by atoms with Gasteiger partial charge in [-0.15, -0.1) is 0 Å². The van der Waals surface area contributed by atoms with Crippen molar-refractivity contribution in [1.29, 1.82) is 0 Å². The molecule has 2 aromatic heterocycles. The molecule has 4 heterocycles. The Morgan fingerprint density at radius 1 is 1.09 bits per heavy atom. The summed E-state index contributed by atoms with van der Waals surface area (Å²) < 4.78 is 35.0. The largest absolute Gasteiger partial charge is 0.463 e. The van der Waals surface area contributed by atoms with Gasteiger partial charge in [0.25, 0.3) is 5.56 Å². The predicted molar refractivity (Wildman–Crippen MR) is 174 cm³/mol. The summed E-state index contributed by atoms with van der Waals surface area (Å²) >= 11 is 7.16. The number of benzene rings is 3. The van der Waals surface area contributed by atoms with Crippen LogP contribution in [0.5, 0.6) is 11.5 Å². The molecule has 0 unspecified atom stereocenters. The Bertz CT molecular complexity index is 2250. The van der Waals surface area contributed by atoms with E-state index in [1.807, 2.05) is 67.0 Å². The Balaban J connectivity index is 1.46. The molecule has 0 amide bonds. The maximum Gasteiger partial charge on any atom is 0.338 e. The van der Waals surface area contributed by atoms with Crippen LogP contribution in [0.4, 0.5) is 4.39 Å². The Morgan fingerprint density at radius 3 is 2.63 bits per heavy atom. The third-order valence-electron chi connectivity index (χ3n) is 8.00. The highest BCUT2D eigenvalue weighted by Crippen LogP contribution is 2.40. The average Bonchev–Trinajstić information content (AvgIpc) is 3.73. The van der Waals surface area contributed by atoms with E-state index in [0.29, 0.717) is 43.3 Å². The number of hydrogen-bond acceptors (Lipinski definition) is 7. The molecule has 0 saturated carbocycles. The second-order valence-corrected chi connectivity index (χ2v) is 12.2. The van der Waals surface area contributed by atoms with Crippen LogP contribution in [0.3, 0.4) is 0 Å². The summed E-state index contributed by atoms with van der Waals surface area (Å²) in [6.07, 6.45) is 1.81. The number of aromatic nitrogens is 2. The third kappa shape index (κ3) is 5.03. The lowest BCUT2D eigenvalue weighted by Crippen LogP contribution is -2.40. The monoisotopic (exact) mass is 655 g/mol. The van der Waals surface area contributed by atoms with Crippen molar-refractivity contribution < 1.29 is 23.4 Å². The van der Waals surface area contributed by atoms with Gasteiger partial charge in [-0.3, -0.25) is 9.36 Å². The Morgan fingerprint density at radius 2 is 1.87 bits per heavy atom. The second kappa shape index (κ2) is 11.8. The summed E-state index contributed by atoms with van der Waals surface area (Å²) in [7, 11) is 0. The van der Waals surface area contributed by atoms with Crippen LogP contribution in [0.15, 0.2) is 88.2 Å². The van der Waals surface area contributed by atoms with E-state index in [0.717, 1.165) is 17.0 Å². The fourth-order valence-corrected chi connectivity index (χ4v) is 7.04. The van der Waals surface area contributed by atoms with Crippen LogP contribution in [0.1, 0.15) is 41.0 Å². The minimum atomic E-state index is -0.855. The number of carbonyl (C=O) groups excluding carboxylic acids is 1. The smallest absolute Gasteiger partial charge is 0.338 e. The van der Waals surface area contributed by atoms with E-state index in [9.17, 15) is 14.0 Å². The lowest BCUT2D eigenvalue weighted by atomic mass is 9.93. The Labute approximate surface area is 271 Å². The van der Waals surface area contributed by atoms with Crippen LogP contribution in [-0.2, 0) is 9.53 Å². The van der Waals surface area contributed by atoms with Gasteiger partial charge in [0.15, 0.2) is 16.3 Å². The number of aryl methyl sites for hydroxylation is 1. The van der Waals surface area contributed by atoms with Gasteiger partial charge in [0.1, 0.15) is 5.82 Å². The first-order chi connectivity index (χ1) is 22.2. The van der Waals surface area contributed by atoms with Crippen LogP contribution < -0.4 is 24.4 Å². The van der Waals surface area contributed by atoms with E-state index in [1.54, 1.807) is 29.7 Å². The van der Waals surface area contributed by atoms with E-state index in [1.165, 1.54) is 23.5 Å². The van der Waals surface area contributed by atoms with Crippen molar-refractivity contribution in [2.45, 2.75) is 26.8 Å². The molecule has 5 aromatic rings. The zero-order chi connectivity index (χ0) is 32.1. The van der Waals surface area contributed by atoms with Crippen LogP contribution in [0.25, 0.3) is 17.5 Å². The van der Waals surface area contributed by atoms with Gasteiger partial charge in [-0.1, -0.05) is 59.3 Å². The number of esters is 1. The van der Waals surface area contributed by atoms with E-state index < -0.39 is 17.8 Å². The zero-order valence-corrected chi connectivity index (χ0v) is 26.6. The quantitative estimate of drug-likeness (QED) is 0.214. The summed E-state index contributed by atoms with van der Waals surface area (Å²) in [6.45, 7) is 5.79. The van der Waals surface area contributed by atoms with Gasteiger partial charge < -0.3 is 18.8 Å². The molecular formula is C35H27ClFN3O5S. The van der Waals surface area contributed by atoms with Crippen molar-refractivity contribution in [3.05, 3.63) is 137 Å². The van der Waals surface area contributed by atoms with E-state index >= 15 is 0 Å². The number of rotatable bonds is 6. The van der Waals surface area contributed by atoms with Crippen LogP contribution in [0.2, 0.25) is 5.02 Å². The molecule has 11 heteroatoms. The van der Waals surface area contributed by atoms with Crippen molar-refractivity contribution in [3.8, 4) is 17.2 Å². The van der Waals surface area contributed by atoms with Gasteiger partial charge in [-0.05, 0) is 74.4 Å². The van der Waals surface area contributed by atoms with Gasteiger partial charge >= 0.3 is 5.97 Å². The highest BCUT2D eigenvalue weighted by Gasteiger charge is 2.36. The fraction of sp³-hybridized carbons (Fsp3) is 0.171. The summed E-state index contributed by atoms with van der Waals surface area (Å²) in [4.78, 5) is 33.4. The molecule has 0 fully saturated rings. The van der Waals surface area contributed by atoms with Crippen LogP contribution in [0, 0.1) is 19.7 Å². The highest BCUT2D eigenvalue weighted by atomic mass is 35.5. The molecule has 0 N–H and O–H groups in total. The van der Waals surface area contributed by atoms with E-state index in [-0.39, 0.29) is 29.6 Å². The van der Waals surface area contributed by atoms with E-state index in [2.05, 4.69) is 0 Å². The molecule has 0 bridgehead atoms. The van der Waals surface area contributed by atoms with Gasteiger partial charge in [0.05, 0.1) is 33.5 Å². The van der Waals surface area contributed by atoms with Gasteiger partial charge in [-0.2, -0.15) is 0 Å². The maximum atomic E-state index is 14.3. The third-order valence-corrected chi connectivity index (χ3v) is 9.29. The predicted octanol–water partition coefficient (Wildman–Crippen LogP) is 5.86. The molecule has 232 valence electrons. The molecule has 2 aliphatic heterocycles. The topological polar surface area (TPSA) is 84.1 Å². The average molecular weight is 656 g/mol. The molecule has 0 radical (unpaired) electrons. The van der Waals surface area contributed by atoms with Crippen molar-refractivity contribution in [2.24, 2.45) is 4.99 Å². The molecule has 1 atom stereocenters. The molecule has 8 nitrogen and oxygen atoms in total. The molecule has 2 aliphatic rings. The minimum absolute atomic E-state index is 0.0432. The molecule has 3 aromatic carbocycles. The molecule has 0 aliphatic carbocycles. The zero-order valence-electron chi connectivity index (χ0n) is 25.0. The van der Waals surface area contributed by atoms with Crippen molar-refractivity contribution in [2.75, 3.05) is 13.4 Å². The number of carbonyl (C=O) groups is 1. The van der Waals surface area contributed by atoms with Gasteiger partial charge in [-0.25, -0.2) is 14.2 Å². The fourth-order valence-electron chi connectivity index (χ4n) is 5.94. The molecule has 7 rings (SSSR count). The highest BCUT2D eigenvalue weighted by molar-refractivity contribution is 7.07. The Kier molecular flexibility index (Phi) is 7.62. The molecule has 46 heavy (non-hydrogen) atoms. The molecule has 0 spiro atoms. The summed E-state index contributed by atoms with van der Waals surface area (Å²) in [5, 5.41) is 0.0432. The number of thiazole rings is 1. The summed E-state index contributed by atoms with van der Waals surface area (Å²) in [6, 6.07) is 20.5. The minimum Gasteiger partial charge on any atom is -0.463 e. The second-order valence-electron chi connectivity index (χ2n) is 10.8. The van der Waals surface area contributed by atoms with Crippen molar-refractivity contribution in [1.82, 2.24) is 9.13 Å². The first-order valence-corrected chi connectivity index (χ1v) is 15.8. The van der Waals surface area contributed by atoms with Gasteiger partial charge in [0.2, 0.25) is 6.79 Å². The lowest BCUT2D eigenvalue weighted by molar-refractivity contribution is -0.138. The Hall–Kier alpha value is -4.93. The SMILES string of the molecule is CCOC(=O)C1=C(c2ccccc2)N=c2s/c(=C/c3cc(C)n(-c4ccc(Cl)c(F)c4)c3C)c(=O)n2[C@@H]1c1ccc2c(c1)OCO2. The lowest BCUT2D eigenvalue weighted by Gasteiger charge is -2.26. The number of halogens is 2. The number of fused-ring (bicyclic) bond motifs is 2. The number of hydrogen-bond donors (Lipinski definition) is 0. The van der Waals surface area contributed by atoms with E-state index in [4.69, 9.17) is 30.8 Å².